The Bertz CT molecular complexity index is 1170. The second kappa shape index (κ2) is 6.07. The van der Waals surface area contributed by atoms with E-state index in [0.717, 1.165) is 5.56 Å². The van der Waals surface area contributed by atoms with Crippen LogP contribution < -0.4 is 5.43 Å². The number of aryl methyl sites for hydroxylation is 1. The standard InChI is InChI=1S/C19H20ClN5O3/c1-19(2,3)14-9-25-17(12-5-13(26)11(18(27)28)8-24(12)14)15(20)16(22-25)10-6-21-23(4)7-10/h5-8,14H,9H2,1-4H3,(H,27,28)/t14-/m0/s1. The number of aromatic nitrogens is 5. The quantitative estimate of drug-likeness (QED) is 0.712. The van der Waals surface area contributed by atoms with Gasteiger partial charge in [0, 0.05) is 31.1 Å². The highest BCUT2D eigenvalue weighted by molar-refractivity contribution is 6.35. The number of rotatable bonds is 2. The molecule has 0 aliphatic carbocycles. The van der Waals surface area contributed by atoms with E-state index in [2.05, 4.69) is 31.0 Å². The van der Waals surface area contributed by atoms with Gasteiger partial charge in [0.25, 0.3) is 0 Å². The molecule has 0 unspecified atom stereocenters. The smallest absolute Gasteiger partial charge is 0.341 e. The van der Waals surface area contributed by atoms with E-state index < -0.39 is 11.4 Å². The lowest BCUT2D eigenvalue weighted by molar-refractivity contribution is 0.0693. The van der Waals surface area contributed by atoms with Crippen molar-refractivity contribution in [3.05, 3.63) is 45.5 Å². The van der Waals surface area contributed by atoms with Gasteiger partial charge in [0.2, 0.25) is 0 Å². The Balaban J connectivity index is 2.00. The molecule has 0 fully saturated rings. The number of hydrogen-bond donors (Lipinski definition) is 1. The topological polar surface area (TPSA) is 94.9 Å². The van der Waals surface area contributed by atoms with Crippen LogP contribution >= 0.6 is 11.6 Å². The maximum Gasteiger partial charge on any atom is 0.341 e. The SMILES string of the molecule is Cn1cc(-c2nn3c(c2Cl)-c2cc(=O)c(C(=O)O)cn2[C@H](C(C)(C)C)C3)cn1. The molecule has 0 amide bonds. The van der Waals surface area contributed by atoms with Gasteiger partial charge >= 0.3 is 5.97 Å². The third kappa shape index (κ3) is 2.75. The van der Waals surface area contributed by atoms with E-state index in [4.69, 9.17) is 11.6 Å². The Hall–Kier alpha value is -2.87. The average molecular weight is 402 g/mol. The molecule has 0 radical (unpaired) electrons. The molecule has 0 spiro atoms. The number of aromatic carboxylic acids is 1. The van der Waals surface area contributed by atoms with Crippen molar-refractivity contribution in [3.63, 3.8) is 0 Å². The maximum atomic E-state index is 12.4. The van der Waals surface area contributed by atoms with Crippen molar-refractivity contribution < 1.29 is 9.90 Å². The Morgan fingerprint density at radius 1 is 1.32 bits per heavy atom. The van der Waals surface area contributed by atoms with Crippen molar-refractivity contribution in [1.82, 2.24) is 24.1 Å². The molecule has 8 nitrogen and oxygen atoms in total. The summed E-state index contributed by atoms with van der Waals surface area (Å²) in [6.07, 6.45) is 4.93. The third-order valence-electron chi connectivity index (χ3n) is 5.11. The molecule has 1 atom stereocenters. The summed E-state index contributed by atoms with van der Waals surface area (Å²) in [6.45, 7) is 6.71. The molecule has 9 heteroatoms. The fourth-order valence-electron chi connectivity index (χ4n) is 3.65. The van der Waals surface area contributed by atoms with E-state index in [1.54, 1.807) is 15.6 Å². The first-order valence-corrected chi connectivity index (χ1v) is 9.21. The van der Waals surface area contributed by atoms with Crippen molar-refractivity contribution in [2.45, 2.75) is 33.4 Å². The van der Waals surface area contributed by atoms with Crippen molar-refractivity contribution in [2.24, 2.45) is 12.5 Å². The number of pyridine rings is 1. The second-order valence-electron chi connectivity index (χ2n) is 8.13. The van der Waals surface area contributed by atoms with Crippen LogP contribution in [0.5, 0.6) is 0 Å². The molecule has 0 aromatic carbocycles. The number of halogens is 1. The van der Waals surface area contributed by atoms with Crippen molar-refractivity contribution in [1.29, 1.82) is 0 Å². The van der Waals surface area contributed by atoms with Crippen molar-refractivity contribution >= 4 is 17.6 Å². The van der Waals surface area contributed by atoms with E-state index in [1.165, 1.54) is 12.3 Å². The zero-order valence-corrected chi connectivity index (χ0v) is 16.7. The molecule has 4 heterocycles. The van der Waals surface area contributed by atoms with Gasteiger partial charge in [-0.15, -0.1) is 0 Å². The molecule has 3 aromatic heterocycles. The molecule has 28 heavy (non-hydrogen) atoms. The van der Waals surface area contributed by atoms with Gasteiger partial charge in [-0.3, -0.25) is 14.2 Å². The fraction of sp³-hybridized carbons (Fsp3) is 0.368. The first-order valence-electron chi connectivity index (χ1n) is 8.83. The van der Waals surface area contributed by atoms with Gasteiger partial charge in [-0.2, -0.15) is 10.2 Å². The summed E-state index contributed by atoms with van der Waals surface area (Å²) in [5.74, 6) is -1.24. The number of nitrogens with zero attached hydrogens (tertiary/aromatic N) is 5. The number of carboxylic acid groups (broad SMARTS) is 1. The summed E-state index contributed by atoms with van der Waals surface area (Å²) in [6, 6.07) is 1.24. The fourth-order valence-corrected chi connectivity index (χ4v) is 3.99. The average Bonchev–Trinajstić information content (AvgIpc) is 3.16. The summed E-state index contributed by atoms with van der Waals surface area (Å²) in [4.78, 5) is 23.9. The molecule has 0 bridgehead atoms. The van der Waals surface area contributed by atoms with E-state index in [-0.39, 0.29) is 17.0 Å². The van der Waals surface area contributed by atoms with E-state index in [0.29, 0.717) is 28.6 Å². The Labute approximate surface area is 166 Å². The molecule has 3 aromatic rings. The van der Waals surface area contributed by atoms with Crippen molar-refractivity contribution in [2.75, 3.05) is 0 Å². The maximum absolute atomic E-state index is 12.4. The molecule has 0 saturated carbocycles. The predicted octanol–water partition coefficient (Wildman–Crippen LogP) is 3.06. The van der Waals surface area contributed by atoms with Crippen LogP contribution in [-0.2, 0) is 13.6 Å². The van der Waals surface area contributed by atoms with Crippen LogP contribution in [0.2, 0.25) is 5.02 Å². The molecule has 146 valence electrons. The normalized spacial score (nSPS) is 16.0. The summed E-state index contributed by atoms with van der Waals surface area (Å²) in [5.41, 5.74) is 1.52. The molecule has 4 rings (SSSR count). The van der Waals surface area contributed by atoms with Gasteiger partial charge in [0.15, 0.2) is 5.43 Å². The van der Waals surface area contributed by atoms with Crippen LogP contribution in [-0.4, -0.2) is 35.2 Å². The Morgan fingerprint density at radius 3 is 2.61 bits per heavy atom. The highest BCUT2D eigenvalue weighted by Gasteiger charge is 2.36. The predicted molar refractivity (Wildman–Crippen MR) is 105 cm³/mol. The van der Waals surface area contributed by atoms with Crippen LogP contribution in [0.3, 0.4) is 0 Å². The number of carbonyl (C=O) groups is 1. The minimum atomic E-state index is -1.24. The van der Waals surface area contributed by atoms with Gasteiger partial charge in [0.05, 0.1) is 29.5 Å². The number of fused-ring (bicyclic) bond motifs is 3. The third-order valence-corrected chi connectivity index (χ3v) is 5.46. The van der Waals surface area contributed by atoms with E-state index in [9.17, 15) is 14.7 Å². The lowest BCUT2D eigenvalue weighted by Crippen LogP contribution is -2.35. The molecule has 1 N–H and O–H groups in total. The molecule has 0 saturated heterocycles. The second-order valence-corrected chi connectivity index (χ2v) is 8.50. The summed E-state index contributed by atoms with van der Waals surface area (Å²) >= 11 is 6.68. The largest absolute Gasteiger partial charge is 0.477 e. The highest BCUT2D eigenvalue weighted by Crippen LogP contribution is 2.44. The lowest BCUT2D eigenvalue weighted by atomic mass is 9.85. The Kier molecular flexibility index (Phi) is 4.01. The highest BCUT2D eigenvalue weighted by atomic mass is 35.5. The monoisotopic (exact) mass is 401 g/mol. The molecular formula is C19H20ClN5O3. The van der Waals surface area contributed by atoms with Crippen molar-refractivity contribution in [3.8, 4) is 22.6 Å². The van der Waals surface area contributed by atoms with Crippen LogP contribution in [0.4, 0.5) is 0 Å². The molecule has 1 aliphatic heterocycles. The van der Waals surface area contributed by atoms with Gasteiger partial charge in [-0.1, -0.05) is 32.4 Å². The summed E-state index contributed by atoms with van der Waals surface area (Å²) in [7, 11) is 1.81. The van der Waals surface area contributed by atoms with E-state index in [1.807, 2.05) is 17.8 Å². The van der Waals surface area contributed by atoms with Gasteiger partial charge in [-0.05, 0) is 5.41 Å². The van der Waals surface area contributed by atoms with Gasteiger partial charge in [-0.25, -0.2) is 4.79 Å². The minimum Gasteiger partial charge on any atom is -0.477 e. The zero-order valence-electron chi connectivity index (χ0n) is 16.0. The van der Waals surface area contributed by atoms with Gasteiger partial charge < -0.3 is 9.67 Å². The van der Waals surface area contributed by atoms with Crippen LogP contribution in [0.15, 0.2) is 29.5 Å². The number of carboxylic acids is 1. The molecule has 1 aliphatic rings. The summed E-state index contributed by atoms with van der Waals surface area (Å²) < 4.78 is 5.32. The first kappa shape index (κ1) is 18.5. The van der Waals surface area contributed by atoms with Crippen LogP contribution in [0, 0.1) is 5.41 Å². The minimum absolute atomic E-state index is 0.105. The zero-order chi connectivity index (χ0) is 20.4. The van der Waals surface area contributed by atoms with Gasteiger partial charge in [0.1, 0.15) is 17.0 Å². The first-order chi connectivity index (χ1) is 13.1. The number of hydrogen-bond acceptors (Lipinski definition) is 4. The van der Waals surface area contributed by atoms with Crippen LogP contribution in [0.25, 0.3) is 22.6 Å². The van der Waals surface area contributed by atoms with E-state index >= 15 is 0 Å². The summed E-state index contributed by atoms with van der Waals surface area (Å²) in [5, 5.41) is 18.7. The lowest BCUT2D eigenvalue weighted by Gasteiger charge is -2.38. The molecular weight excluding hydrogens is 382 g/mol. The van der Waals surface area contributed by atoms with Crippen LogP contribution in [0.1, 0.15) is 37.2 Å². The Morgan fingerprint density at radius 2 is 2.04 bits per heavy atom.